The van der Waals surface area contributed by atoms with Crippen molar-refractivity contribution in [1.82, 2.24) is 0 Å². The van der Waals surface area contributed by atoms with Gasteiger partial charge in [-0.2, -0.15) is 0 Å². The van der Waals surface area contributed by atoms with Crippen LogP contribution in [0.3, 0.4) is 0 Å². The van der Waals surface area contributed by atoms with Gasteiger partial charge in [-0.25, -0.2) is 4.99 Å². The predicted octanol–water partition coefficient (Wildman–Crippen LogP) is 7.12. The van der Waals surface area contributed by atoms with Crippen molar-refractivity contribution in [2.45, 2.75) is 48.5 Å². The number of benzene rings is 3. The molecule has 0 saturated carbocycles. The van der Waals surface area contributed by atoms with Crippen molar-refractivity contribution in [3.8, 4) is 0 Å². The molecule has 0 radical (unpaired) electrons. The quantitative estimate of drug-likeness (QED) is 0.327. The summed E-state index contributed by atoms with van der Waals surface area (Å²) in [6, 6.07) is 19.5. The van der Waals surface area contributed by atoms with Crippen LogP contribution in [-0.4, -0.2) is 11.0 Å². The third kappa shape index (κ3) is 4.92. The van der Waals surface area contributed by atoms with Crippen molar-refractivity contribution in [1.29, 1.82) is 0 Å². The van der Waals surface area contributed by atoms with Crippen molar-refractivity contribution in [3.05, 3.63) is 93.5 Å². The van der Waals surface area contributed by atoms with Crippen LogP contribution in [0.5, 0.6) is 0 Å². The molecule has 0 aliphatic heterocycles. The Labute approximate surface area is 177 Å². The third-order valence-corrected chi connectivity index (χ3v) is 6.64. The maximum Gasteiger partial charge on any atom is 0.0784 e. The summed E-state index contributed by atoms with van der Waals surface area (Å²) in [4.78, 5) is 5.21. The highest BCUT2D eigenvalue weighted by Crippen LogP contribution is 2.27. The monoisotopic (exact) mass is 399 g/mol. The summed E-state index contributed by atoms with van der Waals surface area (Å²) in [5.41, 5.74) is 11.1. The van der Waals surface area contributed by atoms with Gasteiger partial charge in [-0.3, -0.25) is 0 Å². The summed E-state index contributed by atoms with van der Waals surface area (Å²) in [6.45, 7) is 15.3. The van der Waals surface area contributed by atoms with Crippen LogP contribution in [0.4, 0.5) is 5.69 Å². The lowest BCUT2D eigenvalue weighted by Crippen LogP contribution is -2.14. The second-order valence-corrected chi connectivity index (χ2v) is 9.36. The average molecular weight is 400 g/mol. The Morgan fingerprint density at radius 1 is 0.690 bits per heavy atom. The van der Waals surface area contributed by atoms with Gasteiger partial charge < -0.3 is 0 Å². The van der Waals surface area contributed by atoms with Gasteiger partial charge in [-0.15, -0.1) is 0 Å². The third-order valence-electron chi connectivity index (χ3n) is 5.16. The molecule has 3 rings (SSSR count). The molecule has 0 atom stereocenters. The first-order valence-corrected chi connectivity index (χ1v) is 11.0. The van der Waals surface area contributed by atoms with Gasteiger partial charge in [0.1, 0.15) is 0 Å². The van der Waals surface area contributed by atoms with E-state index in [-0.39, 0.29) is 0 Å². The lowest BCUT2D eigenvalue weighted by Gasteiger charge is -2.13. The van der Waals surface area contributed by atoms with E-state index >= 15 is 0 Å². The van der Waals surface area contributed by atoms with E-state index in [9.17, 15) is 0 Å². The Morgan fingerprint density at radius 2 is 1.17 bits per heavy atom. The van der Waals surface area contributed by atoms with E-state index in [1.54, 1.807) is 0 Å². The summed E-state index contributed by atoms with van der Waals surface area (Å²) in [5.74, 6) is 0. The standard InChI is InChI=1S/C27H30NP/c1-17-13-19(3)25(20(4)14-17)28-26(24-11-9-8-10-12-24)23(7)29-27-21(5)15-18(2)16-22(27)6/h8-16H,1-7H3. The summed E-state index contributed by atoms with van der Waals surface area (Å²) >= 11 is 0. The number of rotatable bonds is 4. The summed E-state index contributed by atoms with van der Waals surface area (Å²) in [6.07, 6.45) is 0. The van der Waals surface area contributed by atoms with Crippen molar-refractivity contribution in [2.24, 2.45) is 4.99 Å². The fourth-order valence-corrected chi connectivity index (χ4v) is 5.08. The lowest BCUT2D eigenvalue weighted by atomic mass is 10.0. The minimum absolute atomic E-state index is 1.07. The van der Waals surface area contributed by atoms with E-state index in [1.165, 1.54) is 57.7 Å². The van der Waals surface area contributed by atoms with Crippen molar-refractivity contribution in [3.63, 3.8) is 0 Å². The van der Waals surface area contributed by atoms with Crippen molar-refractivity contribution >= 4 is 30.2 Å². The van der Waals surface area contributed by atoms with Gasteiger partial charge in [0.15, 0.2) is 0 Å². The second-order valence-electron chi connectivity index (χ2n) is 8.02. The average Bonchev–Trinajstić information content (AvgIpc) is 2.64. The molecule has 0 heterocycles. The zero-order chi connectivity index (χ0) is 21.1. The van der Waals surface area contributed by atoms with Gasteiger partial charge >= 0.3 is 0 Å². The van der Waals surface area contributed by atoms with Crippen LogP contribution >= 0.6 is 8.20 Å². The molecular formula is C27H30NP. The topological polar surface area (TPSA) is 12.4 Å². The molecule has 0 aliphatic carbocycles. The molecule has 0 unspecified atom stereocenters. The summed E-state index contributed by atoms with van der Waals surface area (Å²) < 4.78 is 0. The Bertz CT molecular complexity index is 1060. The van der Waals surface area contributed by atoms with Crippen molar-refractivity contribution in [2.75, 3.05) is 0 Å². The lowest BCUT2D eigenvalue weighted by molar-refractivity contribution is 1.29. The molecule has 0 aliphatic rings. The molecule has 0 N–H and O–H groups in total. The minimum Gasteiger partial charge on any atom is -0.247 e. The summed E-state index contributed by atoms with van der Waals surface area (Å²) in [7, 11) is 1.22. The molecule has 29 heavy (non-hydrogen) atoms. The molecule has 3 aromatic rings. The van der Waals surface area contributed by atoms with Crippen LogP contribution in [0, 0.1) is 41.5 Å². The molecule has 0 spiro atoms. The molecule has 0 saturated heterocycles. The van der Waals surface area contributed by atoms with Crippen molar-refractivity contribution < 1.29 is 0 Å². The SMILES string of the molecule is CC(=Pc1c(C)cc(C)cc1C)C(=Nc1c(C)cc(C)cc1C)c1ccccc1. The minimum atomic E-state index is 1.07. The molecule has 2 heteroatoms. The first-order valence-electron chi connectivity index (χ1n) is 10.1. The van der Waals surface area contributed by atoms with E-state index in [1.807, 2.05) is 0 Å². The van der Waals surface area contributed by atoms with Gasteiger partial charge in [0.2, 0.25) is 0 Å². The second kappa shape index (κ2) is 8.89. The van der Waals surface area contributed by atoms with Gasteiger partial charge in [-0.1, -0.05) is 73.9 Å². The van der Waals surface area contributed by atoms with Gasteiger partial charge in [0, 0.05) is 16.2 Å². The van der Waals surface area contributed by atoms with E-state index < -0.39 is 0 Å². The maximum absolute atomic E-state index is 5.21. The fourth-order valence-electron chi connectivity index (χ4n) is 3.98. The Kier molecular flexibility index (Phi) is 6.50. The number of aryl methyl sites for hydroxylation is 6. The van der Waals surface area contributed by atoms with Crippen LogP contribution in [0.25, 0.3) is 0 Å². The molecule has 0 aromatic heterocycles. The van der Waals surface area contributed by atoms with E-state index in [0.717, 1.165) is 11.4 Å². The molecule has 1 nitrogen and oxygen atoms in total. The van der Waals surface area contributed by atoms with Gasteiger partial charge in [-0.05, 0) is 70.7 Å². The highest BCUT2D eigenvalue weighted by atomic mass is 31.1. The van der Waals surface area contributed by atoms with Crippen LogP contribution in [0.2, 0.25) is 0 Å². The Morgan fingerprint density at radius 3 is 1.69 bits per heavy atom. The zero-order valence-electron chi connectivity index (χ0n) is 18.6. The van der Waals surface area contributed by atoms with Gasteiger partial charge in [0.25, 0.3) is 0 Å². The van der Waals surface area contributed by atoms with E-state index in [2.05, 4.69) is 103 Å². The van der Waals surface area contributed by atoms with Gasteiger partial charge in [0.05, 0.1) is 11.4 Å². The molecular weight excluding hydrogens is 369 g/mol. The maximum atomic E-state index is 5.21. The molecule has 0 amide bonds. The van der Waals surface area contributed by atoms with E-state index in [4.69, 9.17) is 4.99 Å². The fraction of sp³-hybridized carbons (Fsp3) is 0.259. The first-order chi connectivity index (χ1) is 13.8. The molecule has 0 fully saturated rings. The van der Waals surface area contributed by atoms with Crippen LogP contribution in [0.15, 0.2) is 59.6 Å². The Hall–Kier alpha value is -2.50. The Balaban J connectivity index is 2.21. The number of nitrogens with zero attached hydrogens (tertiary/aromatic N) is 1. The normalized spacial score (nSPS) is 12.4. The number of hydrogen-bond acceptors (Lipinski definition) is 1. The number of hydrogen-bond donors (Lipinski definition) is 0. The first kappa shape index (κ1) is 21.2. The predicted molar refractivity (Wildman–Crippen MR) is 131 cm³/mol. The summed E-state index contributed by atoms with van der Waals surface area (Å²) in [5, 5.41) is 2.65. The van der Waals surface area contributed by atoms with Crippen LogP contribution in [-0.2, 0) is 0 Å². The van der Waals surface area contributed by atoms with E-state index in [0.29, 0.717) is 0 Å². The number of aliphatic imine (C=N–C) groups is 1. The molecule has 0 bridgehead atoms. The zero-order valence-corrected chi connectivity index (χ0v) is 19.5. The smallest absolute Gasteiger partial charge is 0.0784 e. The van der Waals surface area contributed by atoms with Crippen LogP contribution < -0.4 is 5.30 Å². The highest BCUT2D eigenvalue weighted by molar-refractivity contribution is 7.52. The molecule has 148 valence electrons. The van der Waals surface area contributed by atoms with Crippen LogP contribution in [0.1, 0.15) is 45.9 Å². The largest absolute Gasteiger partial charge is 0.247 e. The highest BCUT2D eigenvalue weighted by Gasteiger charge is 2.12. The molecule has 3 aromatic carbocycles.